The summed E-state index contributed by atoms with van der Waals surface area (Å²) >= 11 is 0. The lowest BCUT2D eigenvalue weighted by Crippen LogP contribution is -2.54. The van der Waals surface area contributed by atoms with E-state index in [1.54, 1.807) is 0 Å². The van der Waals surface area contributed by atoms with E-state index >= 15 is 0 Å². The molecule has 0 spiro atoms. The fourth-order valence-corrected chi connectivity index (χ4v) is 4.84. The first-order valence-corrected chi connectivity index (χ1v) is 7.57. The van der Waals surface area contributed by atoms with Crippen LogP contribution in [0.5, 0.6) is 0 Å². The van der Waals surface area contributed by atoms with Crippen molar-refractivity contribution in [2.24, 2.45) is 11.5 Å². The highest BCUT2D eigenvalue weighted by Gasteiger charge is 2.51. The molecule has 0 bridgehead atoms. The van der Waals surface area contributed by atoms with Crippen LogP contribution in [0, 0.1) is 0 Å². The molecule has 2 unspecified atom stereocenters. The van der Waals surface area contributed by atoms with E-state index < -0.39 is 13.6 Å². The number of rotatable bonds is 1. The number of hydrogen-bond acceptors (Lipinski definition) is 4. The van der Waals surface area contributed by atoms with Crippen LogP contribution in [0.1, 0.15) is 40.0 Å². The van der Waals surface area contributed by atoms with Gasteiger partial charge >= 0.3 is 8.56 Å². The molecule has 1 aliphatic rings. The van der Waals surface area contributed by atoms with Crippen LogP contribution in [0.2, 0.25) is 10.6 Å². The summed E-state index contributed by atoms with van der Waals surface area (Å²) in [6.45, 7) is 5.64. The van der Waals surface area contributed by atoms with E-state index in [9.17, 15) is 9.59 Å². The molecule has 0 saturated heterocycles. The van der Waals surface area contributed by atoms with Crippen molar-refractivity contribution in [3.63, 3.8) is 0 Å². The molecule has 1 rings (SSSR count). The van der Waals surface area contributed by atoms with Crippen molar-refractivity contribution in [3.8, 4) is 0 Å². The first-order valence-electron chi connectivity index (χ1n) is 5.60. The van der Waals surface area contributed by atoms with Crippen molar-refractivity contribution in [3.05, 3.63) is 0 Å². The monoisotopic (exact) mass is 232 g/mol. The second-order valence-corrected chi connectivity index (χ2v) is 9.67. The highest BCUT2D eigenvalue weighted by atomic mass is 28.4. The smallest absolute Gasteiger partial charge is 0.341 e. The predicted octanol–water partition coefficient (Wildman–Crippen LogP) is 0.422. The lowest BCUT2D eigenvalue weighted by Gasteiger charge is -2.42. The van der Waals surface area contributed by atoms with Gasteiger partial charge in [0.25, 0.3) is 0 Å². The predicted molar refractivity (Wildman–Crippen MR) is 63.5 cm³/mol. The Morgan fingerprint density at radius 1 is 1.00 bits per heavy atom. The Hall–Kier alpha value is 0.0569. The quantitative estimate of drug-likeness (QED) is 0.493. The molecule has 2 atom stereocenters. The first-order chi connectivity index (χ1) is 6.64. The third kappa shape index (κ3) is 2.79. The lowest BCUT2D eigenvalue weighted by molar-refractivity contribution is 0.256. The second kappa shape index (κ2) is 4.14. The topological polar surface area (TPSA) is 92.5 Å². The largest absolute Gasteiger partial charge is 0.410 e. The Morgan fingerprint density at radius 3 is 1.73 bits per heavy atom. The molecule has 0 aliphatic heterocycles. The van der Waals surface area contributed by atoms with Crippen molar-refractivity contribution < 1.29 is 9.59 Å². The summed E-state index contributed by atoms with van der Waals surface area (Å²) in [5.41, 5.74) is 11.7. The molecular weight excluding hydrogens is 208 g/mol. The highest BCUT2D eigenvalue weighted by molar-refractivity contribution is 6.69. The summed E-state index contributed by atoms with van der Waals surface area (Å²) in [7, 11) is -3.25. The maximum Gasteiger partial charge on any atom is 0.341 e. The van der Waals surface area contributed by atoms with E-state index in [2.05, 4.69) is 0 Å². The normalized spacial score (nSPS) is 34.2. The SMILES string of the molecule is CC(C)(C)[Si](O)(O)C1CC(N)CC(N)C1. The van der Waals surface area contributed by atoms with E-state index in [4.69, 9.17) is 11.5 Å². The van der Waals surface area contributed by atoms with Crippen LogP contribution in [-0.2, 0) is 0 Å². The van der Waals surface area contributed by atoms with Crippen molar-refractivity contribution in [2.45, 2.75) is 62.7 Å². The van der Waals surface area contributed by atoms with Crippen LogP contribution in [0.3, 0.4) is 0 Å². The zero-order valence-corrected chi connectivity index (χ0v) is 10.9. The minimum absolute atomic E-state index is 0.0206. The molecule has 90 valence electrons. The maximum absolute atomic E-state index is 10.3. The summed E-state index contributed by atoms with van der Waals surface area (Å²) in [6, 6.07) is 0.0412. The van der Waals surface area contributed by atoms with Crippen molar-refractivity contribution in [2.75, 3.05) is 0 Å². The summed E-state index contributed by atoms with van der Waals surface area (Å²) in [6.07, 6.45) is 2.19. The average molecular weight is 232 g/mol. The van der Waals surface area contributed by atoms with E-state index in [-0.39, 0.29) is 17.6 Å². The fourth-order valence-electron chi connectivity index (χ4n) is 2.35. The summed E-state index contributed by atoms with van der Waals surface area (Å²) in [4.78, 5) is 20.6. The molecule has 0 aromatic rings. The minimum Gasteiger partial charge on any atom is -0.410 e. The second-order valence-electron chi connectivity index (χ2n) is 5.90. The van der Waals surface area contributed by atoms with Gasteiger partial charge in [-0.2, -0.15) is 0 Å². The highest BCUT2D eigenvalue weighted by Crippen LogP contribution is 2.45. The average Bonchev–Trinajstić information content (AvgIpc) is 1.99. The molecule has 0 radical (unpaired) electrons. The standard InChI is InChI=1S/C10H24N2O2Si/c1-10(2,3)15(13,14)9-5-7(11)4-8(12)6-9/h7-9,13-14H,4-6,11-12H2,1-3H3. The van der Waals surface area contributed by atoms with Crippen LogP contribution in [0.15, 0.2) is 0 Å². The Kier molecular flexibility index (Phi) is 3.62. The van der Waals surface area contributed by atoms with E-state index in [1.165, 1.54) is 0 Å². The molecule has 5 heteroatoms. The van der Waals surface area contributed by atoms with Gasteiger partial charge in [0, 0.05) is 22.7 Å². The minimum atomic E-state index is -3.25. The molecule has 15 heavy (non-hydrogen) atoms. The van der Waals surface area contributed by atoms with Gasteiger partial charge in [-0.05, 0) is 19.3 Å². The molecule has 6 N–H and O–H groups in total. The van der Waals surface area contributed by atoms with Crippen LogP contribution in [0.25, 0.3) is 0 Å². The van der Waals surface area contributed by atoms with Gasteiger partial charge in [0.05, 0.1) is 0 Å². The third-order valence-electron chi connectivity index (χ3n) is 3.45. The first kappa shape index (κ1) is 13.1. The van der Waals surface area contributed by atoms with Crippen LogP contribution in [0.4, 0.5) is 0 Å². The zero-order valence-electron chi connectivity index (χ0n) is 9.90. The fraction of sp³-hybridized carbons (Fsp3) is 1.00. The van der Waals surface area contributed by atoms with Crippen molar-refractivity contribution >= 4 is 8.56 Å². The van der Waals surface area contributed by atoms with Crippen LogP contribution < -0.4 is 11.5 Å². The molecule has 1 fully saturated rings. The van der Waals surface area contributed by atoms with Crippen LogP contribution >= 0.6 is 0 Å². The van der Waals surface area contributed by atoms with Crippen molar-refractivity contribution in [1.82, 2.24) is 0 Å². The Balaban J connectivity index is 2.78. The molecule has 0 aromatic heterocycles. The van der Waals surface area contributed by atoms with E-state index in [0.717, 1.165) is 6.42 Å². The molecule has 0 amide bonds. The van der Waals surface area contributed by atoms with Gasteiger partial charge in [0.1, 0.15) is 0 Å². The van der Waals surface area contributed by atoms with Gasteiger partial charge < -0.3 is 21.1 Å². The van der Waals surface area contributed by atoms with Gasteiger partial charge in [-0.1, -0.05) is 20.8 Å². The molecule has 0 heterocycles. The summed E-state index contributed by atoms with van der Waals surface area (Å²) < 4.78 is 0. The van der Waals surface area contributed by atoms with E-state index in [0.29, 0.717) is 12.8 Å². The van der Waals surface area contributed by atoms with Gasteiger partial charge in [-0.3, -0.25) is 0 Å². The molecular formula is C10H24N2O2Si. The molecule has 1 saturated carbocycles. The number of hydrogen-bond donors (Lipinski definition) is 4. The Labute approximate surface area is 92.9 Å². The van der Waals surface area contributed by atoms with Gasteiger partial charge in [-0.15, -0.1) is 0 Å². The Bertz CT molecular complexity index is 218. The summed E-state index contributed by atoms with van der Waals surface area (Å²) in [5, 5.41) is -0.436. The van der Waals surface area contributed by atoms with E-state index in [1.807, 2.05) is 20.8 Å². The Morgan fingerprint density at radius 2 is 1.40 bits per heavy atom. The molecule has 1 aliphatic carbocycles. The lowest BCUT2D eigenvalue weighted by atomic mass is 9.92. The zero-order chi connectivity index (χ0) is 11.9. The van der Waals surface area contributed by atoms with Crippen molar-refractivity contribution in [1.29, 1.82) is 0 Å². The molecule has 0 aromatic carbocycles. The third-order valence-corrected chi connectivity index (χ3v) is 7.27. The van der Waals surface area contributed by atoms with Gasteiger partial charge in [-0.25, -0.2) is 0 Å². The maximum atomic E-state index is 10.3. The van der Waals surface area contributed by atoms with Gasteiger partial charge in [0.2, 0.25) is 0 Å². The van der Waals surface area contributed by atoms with Gasteiger partial charge in [0.15, 0.2) is 0 Å². The number of nitrogens with two attached hydrogens (primary N) is 2. The molecule has 4 nitrogen and oxygen atoms in total. The van der Waals surface area contributed by atoms with Crippen LogP contribution in [-0.4, -0.2) is 30.2 Å². The summed E-state index contributed by atoms with van der Waals surface area (Å²) in [5.74, 6) is 0.